The van der Waals surface area contributed by atoms with Crippen LogP contribution in [0.2, 0.25) is 0 Å². The van der Waals surface area contributed by atoms with Gasteiger partial charge in [-0.15, -0.1) is 11.3 Å². The molecule has 0 bridgehead atoms. The van der Waals surface area contributed by atoms with Crippen LogP contribution in [0.4, 0.5) is 5.69 Å². The van der Waals surface area contributed by atoms with Gasteiger partial charge in [0, 0.05) is 6.20 Å². The summed E-state index contributed by atoms with van der Waals surface area (Å²) in [5.74, 6) is 0.188. The van der Waals surface area contributed by atoms with E-state index in [9.17, 15) is 9.59 Å². The molecule has 4 aromatic rings. The number of nitrogens with zero attached hydrogens (tertiary/aromatic N) is 3. The maximum Gasteiger partial charge on any atom is 0.262 e. The molecule has 3 heterocycles. The fourth-order valence-electron chi connectivity index (χ4n) is 2.68. The van der Waals surface area contributed by atoms with Crippen LogP contribution in [0.25, 0.3) is 10.2 Å². The zero-order valence-electron chi connectivity index (χ0n) is 14.7. The molecule has 1 N–H and O–H groups in total. The number of anilines is 1. The van der Waals surface area contributed by atoms with Crippen LogP contribution in [-0.4, -0.2) is 20.4 Å². The van der Waals surface area contributed by atoms with E-state index in [0.717, 1.165) is 5.69 Å². The highest BCUT2D eigenvalue weighted by Gasteiger charge is 2.11. The number of pyridine rings is 1. The second-order valence-electron chi connectivity index (χ2n) is 5.97. The zero-order chi connectivity index (χ0) is 19.3. The molecule has 0 aliphatic rings. The number of rotatable bonds is 6. The second kappa shape index (κ2) is 8.01. The van der Waals surface area contributed by atoms with E-state index in [1.54, 1.807) is 35.8 Å². The molecule has 0 atom stereocenters. The Balaban J connectivity index is 1.47. The number of benzene rings is 1. The standard InChI is InChI=1S/C20H16N4O3S/c25-18(11-24-13-22-19-15(20(24)26)8-10-28-19)23-16-6-1-2-7-17(16)27-12-14-5-3-4-9-21-14/h1-10,13H,11-12H2,(H,23,25). The average Bonchev–Trinajstić information content (AvgIpc) is 3.20. The number of nitrogens with one attached hydrogen (secondary N) is 1. The summed E-state index contributed by atoms with van der Waals surface area (Å²) in [5.41, 5.74) is 1.08. The summed E-state index contributed by atoms with van der Waals surface area (Å²) >= 11 is 1.39. The van der Waals surface area contributed by atoms with E-state index in [2.05, 4.69) is 15.3 Å². The summed E-state index contributed by atoms with van der Waals surface area (Å²) in [5, 5.41) is 5.11. The van der Waals surface area contributed by atoms with Crippen molar-refractivity contribution in [2.24, 2.45) is 0 Å². The van der Waals surface area contributed by atoms with E-state index in [1.807, 2.05) is 24.3 Å². The number of ether oxygens (including phenoxy) is 1. The molecule has 0 aliphatic heterocycles. The van der Waals surface area contributed by atoms with Gasteiger partial charge >= 0.3 is 0 Å². The summed E-state index contributed by atoms with van der Waals surface area (Å²) in [4.78, 5) is 34.0. The lowest BCUT2D eigenvalue weighted by Gasteiger charge is -2.12. The Morgan fingerprint density at radius 2 is 1.96 bits per heavy atom. The van der Waals surface area contributed by atoms with Crippen LogP contribution in [0.3, 0.4) is 0 Å². The van der Waals surface area contributed by atoms with Crippen molar-refractivity contribution in [3.63, 3.8) is 0 Å². The first-order chi connectivity index (χ1) is 13.7. The number of aromatic nitrogens is 3. The number of para-hydroxylation sites is 2. The maximum atomic E-state index is 12.5. The van der Waals surface area contributed by atoms with Crippen LogP contribution >= 0.6 is 11.3 Å². The Kier molecular flexibility index (Phi) is 5.11. The Labute approximate surface area is 164 Å². The van der Waals surface area contributed by atoms with Crippen molar-refractivity contribution >= 4 is 33.1 Å². The minimum absolute atomic E-state index is 0.133. The van der Waals surface area contributed by atoms with E-state index in [0.29, 0.717) is 21.7 Å². The van der Waals surface area contributed by atoms with Crippen LogP contribution in [-0.2, 0) is 17.9 Å². The van der Waals surface area contributed by atoms with Crippen molar-refractivity contribution in [1.29, 1.82) is 0 Å². The van der Waals surface area contributed by atoms with E-state index in [4.69, 9.17) is 4.74 Å². The SMILES string of the molecule is O=C(Cn1cnc2sccc2c1=O)Nc1ccccc1OCc1ccccn1. The molecule has 1 amide bonds. The molecule has 0 fully saturated rings. The Morgan fingerprint density at radius 1 is 1.11 bits per heavy atom. The van der Waals surface area contributed by atoms with Crippen LogP contribution in [0.1, 0.15) is 5.69 Å². The molecule has 0 unspecified atom stereocenters. The molecule has 0 spiro atoms. The predicted octanol–water partition coefficient (Wildman–Crippen LogP) is 3.07. The fourth-order valence-corrected chi connectivity index (χ4v) is 3.40. The van der Waals surface area contributed by atoms with Gasteiger partial charge in [-0.05, 0) is 35.7 Å². The molecule has 4 rings (SSSR count). The molecule has 0 radical (unpaired) electrons. The van der Waals surface area contributed by atoms with Crippen LogP contribution in [0.15, 0.2) is 71.2 Å². The van der Waals surface area contributed by atoms with Crippen molar-refractivity contribution in [3.8, 4) is 5.75 Å². The van der Waals surface area contributed by atoms with Crippen LogP contribution in [0, 0.1) is 0 Å². The maximum absolute atomic E-state index is 12.5. The summed E-state index contributed by atoms with van der Waals surface area (Å²) < 4.78 is 7.08. The Hall–Kier alpha value is -3.52. The molecule has 0 aliphatic carbocycles. The second-order valence-corrected chi connectivity index (χ2v) is 6.87. The summed E-state index contributed by atoms with van der Waals surface area (Å²) in [7, 11) is 0. The minimum atomic E-state index is -0.340. The van der Waals surface area contributed by atoms with Gasteiger partial charge in [0.25, 0.3) is 5.56 Å². The lowest BCUT2D eigenvalue weighted by Crippen LogP contribution is -2.27. The number of thiophene rings is 1. The molecule has 140 valence electrons. The van der Waals surface area contributed by atoms with Crippen molar-refractivity contribution < 1.29 is 9.53 Å². The van der Waals surface area contributed by atoms with Gasteiger partial charge in [-0.2, -0.15) is 0 Å². The zero-order valence-corrected chi connectivity index (χ0v) is 15.6. The summed E-state index contributed by atoms with van der Waals surface area (Å²) in [6.07, 6.45) is 3.09. The highest BCUT2D eigenvalue weighted by molar-refractivity contribution is 7.16. The van der Waals surface area contributed by atoms with E-state index >= 15 is 0 Å². The normalized spacial score (nSPS) is 10.7. The Bertz CT molecular complexity index is 1170. The monoisotopic (exact) mass is 392 g/mol. The van der Waals surface area contributed by atoms with Gasteiger partial charge in [-0.3, -0.25) is 19.1 Å². The molecule has 8 heteroatoms. The molecule has 28 heavy (non-hydrogen) atoms. The first-order valence-corrected chi connectivity index (χ1v) is 9.43. The van der Waals surface area contributed by atoms with Crippen molar-refractivity contribution in [2.45, 2.75) is 13.2 Å². The highest BCUT2D eigenvalue weighted by Crippen LogP contribution is 2.24. The van der Waals surface area contributed by atoms with Gasteiger partial charge in [0.2, 0.25) is 5.91 Å². The lowest BCUT2D eigenvalue weighted by atomic mass is 10.3. The van der Waals surface area contributed by atoms with E-state index in [-0.39, 0.29) is 24.6 Å². The topological polar surface area (TPSA) is 86.1 Å². The van der Waals surface area contributed by atoms with Gasteiger partial charge in [-0.25, -0.2) is 4.98 Å². The van der Waals surface area contributed by atoms with Crippen molar-refractivity contribution in [1.82, 2.24) is 14.5 Å². The number of fused-ring (bicyclic) bond motifs is 1. The van der Waals surface area contributed by atoms with E-state index < -0.39 is 0 Å². The molecule has 1 aromatic carbocycles. The quantitative estimate of drug-likeness (QED) is 0.545. The van der Waals surface area contributed by atoms with Crippen molar-refractivity contribution in [3.05, 3.63) is 82.5 Å². The average molecular weight is 392 g/mol. The van der Waals surface area contributed by atoms with E-state index in [1.165, 1.54) is 22.2 Å². The smallest absolute Gasteiger partial charge is 0.262 e. The summed E-state index contributed by atoms with van der Waals surface area (Å²) in [6.45, 7) is 0.151. The summed E-state index contributed by atoms with van der Waals surface area (Å²) in [6, 6.07) is 14.4. The number of hydrogen-bond acceptors (Lipinski definition) is 6. The van der Waals surface area contributed by atoms with Crippen LogP contribution in [0.5, 0.6) is 5.75 Å². The largest absolute Gasteiger partial charge is 0.485 e. The molecule has 0 saturated carbocycles. The first kappa shape index (κ1) is 17.9. The molecular weight excluding hydrogens is 376 g/mol. The third-order valence-electron chi connectivity index (χ3n) is 4.03. The van der Waals surface area contributed by atoms with Gasteiger partial charge in [-0.1, -0.05) is 18.2 Å². The third kappa shape index (κ3) is 3.91. The molecule has 3 aromatic heterocycles. The lowest BCUT2D eigenvalue weighted by molar-refractivity contribution is -0.116. The number of carbonyl (C=O) groups excluding carboxylic acids is 1. The Morgan fingerprint density at radius 3 is 2.82 bits per heavy atom. The first-order valence-electron chi connectivity index (χ1n) is 8.55. The highest BCUT2D eigenvalue weighted by atomic mass is 32.1. The fraction of sp³-hybridized carbons (Fsp3) is 0.100. The predicted molar refractivity (Wildman–Crippen MR) is 108 cm³/mol. The molecule has 7 nitrogen and oxygen atoms in total. The van der Waals surface area contributed by atoms with Crippen molar-refractivity contribution in [2.75, 3.05) is 5.32 Å². The number of carbonyl (C=O) groups is 1. The van der Waals surface area contributed by atoms with Gasteiger partial charge in [0.1, 0.15) is 23.7 Å². The van der Waals surface area contributed by atoms with Gasteiger partial charge in [0.05, 0.1) is 23.1 Å². The minimum Gasteiger partial charge on any atom is -0.485 e. The molecule has 0 saturated heterocycles. The van der Waals surface area contributed by atoms with Gasteiger partial charge < -0.3 is 10.1 Å². The number of hydrogen-bond donors (Lipinski definition) is 1. The number of amides is 1. The third-order valence-corrected chi connectivity index (χ3v) is 4.85. The van der Waals surface area contributed by atoms with Gasteiger partial charge in [0.15, 0.2) is 0 Å². The molecular formula is C20H16N4O3S. The van der Waals surface area contributed by atoms with Crippen LogP contribution < -0.4 is 15.6 Å².